The summed E-state index contributed by atoms with van der Waals surface area (Å²) >= 11 is 3.35. The molecule has 0 N–H and O–H groups in total. The van der Waals surface area contributed by atoms with Gasteiger partial charge in [0.15, 0.2) is 0 Å². The van der Waals surface area contributed by atoms with Gasteiger partial charge >= 0.3 is 0 Å². The zero-order valence-corrected chi connectivity index (χ0v) is 9.77. The number of aryl methyl sites for hydroxylation is 1. The predicted molar refractivity (Wildman–Crippen MR) is 60.1 cm³/mol. The van der Waals surface area contributed by atoms with Crippen LogP contribution in [0.25, 0.3) is 11.4 Å². The Labute approximate surface area is 96.0 Å². The van der Waals surface area contributed by atoms with E-state index in [4.69, 9.17) is 0 Å². The summed E-state index contributed by atoms with van der Waals surface area (Å²) in [6.07, 6.45) is 5.78. The number of hydrogen-bond acceptors (Lipinski definition) is 4. The van der Waals surface area contributed by atoms with Gasteiger partial charge in [-0.1, -0.05) is 6.92 Å². The van der Waals surface area contributed by atoms with Crippen molar-refractivity contribution in [3.63, 3.8) is 0 Å². The number of aromatic nitrogens is 4. The van der Waals surface area contributed by atoms with E-state index in [0.29, 0.717) is 0 Å². The molecule has 2 aromatic heterocycles. The van der Waals surface area contributed by atoms with Crippen molar-refractivity contribution < 1.29 is 0 Å². The second-order valence-electron chi connectivity index (χ2n) is 2.94. The molecule has 0 aromatic carbocycles. The van der Waals surface area contributed by atoms with Crippen LogP contribution in [0.15, 0.2) is 29.3 Å². The van der Waals surface area contributed by atoms with Gasteiger partial charge in [0.2, 0.25) is 0 Å². The molecule has 76 valence electrons. The van der Waals surface area contributed by atoms with E-state index in [1.165, 1.54) is 0 Å². The van der Waals surface area contributed by atoms with Crippen molar-refractivity contribution in [1.82, 2.24) is 19.9 Å². The van der Waals surface area contributed by atoms with Crippen LogP contribution in [-0.2, 0) is 6.42 Å². The van der Waals surface area contributed by atoms with Crippen LogP contribution in [0.3, 0.4) is 0 Å². The van der Waals surface area contributed by atoms with E-state index < -0.39 is 0 Å². The molecular weight excluding hydrogens is 256 g/mol. The highest BCUT2D eigenvalue weighted by Crippen LogP contribution is 2.17. The third-order valence-corrected chi connectivity index (χ3v) is 2.29. The summed E-state index contributed by atoms with van der Waals surface area (Å²) in [5, 5.41) is 0. The maximum absolute atomic E-state index is 4.38. The van der Waals surface area contributed by atoms with Crippen molar-refractivity contribution in [3.8, 4) is 11.4 Å². The zero-order valence-electron chi connectivity index (χ0n) is 8.18. The highest BCUT2D eigenvalue weighted by Gasteiger charge is 2.04. The molecule has 0 bridgehead atoms. The average Bonchev–Trinajstić information content (AvgIpc) is 2.29. The fourth-order valence-corrected chi connectivity index (χ4v) is 1.61. The summed E-state index contributed by atoms with van der Waals surface area (Å²) < 4.78 is 0.773. The van der Waals surface area contributed by atoms with Crippen LogP contribution in [0.1, 0.15) is 12.7 Å². The molecular formula is C10H9BrN4. The van der Waals surface area contributed by atoms with Gasteiger partial charge in [0.05, 0.1) is 11.9 Å². The summed E-state index contributed by atoms with van der Waals surface area (Å²) in [5.41, 5.74) is 1.55. The third-order valence-electron chi connectivity index (χ3n) is 1.88. The second kappa shape index (κ2) is 4.44. The van der Waals surface area contributed by atoms with Gasteiger partial charge in [0.25, 0.3) is 0 Å². The second-order valence-corrected chi connectivity index (χ2v) is 3.75. The quantitative estimate of drug-likeness (QED) is 0.781. The van der Waals surface area contributed by atoms with Crippen LogP contribution in [0, 0.1) is 0 Å². The van der Waals surface area contributed by atoms with E-state index in [0.717, 1.165) is 28.2 Å². The van der Waals surface area contributed by atoms with Gasteiger partial charge in [-0.2, -0.15) is 0 Å². The van der Waals surface area contributed by atoms with Crippen LogP contribution in [-0.4, -0.2) is 19.9 Å². The molecule has 2 heterocycles. The Balaban J connectivity index is 2.49. The summed E-state index contributed by atoms with van der Waals surface area (Å²) in [7, 11) is 0. The Morgan fingerprint density at radius 3 is 2.73 bits per heavy atom. The minimum absolute atomic E-state index is 0.760. The minimum Gasteiger partial charge on any atom is -0.261 e. The van der Waals surface area contributed by atoms with E-state index in [-0.39, 0.29) is 0 Å². The van der Waals surface area contributed by atoms with Gasteiger partial charge in [-0.3, -0.25) is 9.97 Å². The first kappa shape index (κ1) is 10.2. The summed E-state index contributed by atoms with van der Waals surface area (Å²) in [6.45, 7) is 2.02. The molecule has 0 radical (unpaired) electrons. The topological polar surface area (TPSA) is 51.6 Å². The van der Waals surface area contributed by atoms with Crippen LogP contribution >= 0.6 is 15.9 Å². The molecule has 0 unspecified atom stereocenters. The van der Waals surface area contributed by atoms with Crippen LogP contribution < -0.4 is 0 Å². The zero-order chi connectivity index (χ0) is 10.7. The Bertz CT molecular complexity index is 458. The normalized spacial score (nSPS) is 10.3. The first-order valence-electron chi connectivity index (χ1n) is 4.59. The number of nitrogens with zero attached hydrogens (tertiary/aromatic N) is 4. The number of hydrogen-bond donors (Lipinski definition) is 0. The van der Waals surface area contributed by atoms with E-state index in [1.54, 1.807) is 18.6 Å². The molecule has 5 heteroatoms. The van der Waals surface area contributed by atoms with Gasteiger partial charge in [0, 0.05) is 18.8 Å². The van der Waals surface area contributed by atoms with E-state index in [1.807, 2.05) is 13.0 Å². The average molecular weight is 265 g/mol. The smallest absolute Gasteiger partial charge is 0.130 e. The van der Waals surface area contributed by atoms with Gasteiger partial charge < -0.3 is 0 Å². The molecule has 15 heavy (non-hydrogen) atoms. The minimum atomic E-state index is 0.760. The molecule has 0 spiro atoms. The summed E-state index contributed by atoms with van der Waals surface area (Å²) in [6, 6.07) is 1.84. The maximum Gasteiger partial charge on any atom is 0.130 e. The molecule has 0 saturated heterocycles. The molecule has 0 aliphatic carbocycles. The molecule has 2 rings (SSSR count). The number of halogens is 1. The van der Waals surface area contributed by atoms with Crippen LogP contribution in [0.4, 0.5) is 0 Å². The first-order chi connectivity index (χ1) is 7.29. The molecule has 0 aliphatic rings. The largest absolute Gasteiger partial charge is 0.261 e. The van der Waals surface area contributed by atoms with E-state index >= 15 is 0 Å². The maximum atomic E-state index is 4.38. The first-order valence-corrected chi connectivity index (χ1v) is 5.38. The Hall–Kier alpha value is -1.36. The van der Waals surface area contributed by atoms with Crippen molar-refractivity contribution in [2.24, 2.45) is 0 Å². The molecule has 0 fully saturated rings. The van der Waals surface area contributed by atoms with Crippen molar-refractivity contribution in [3.05, 3.63) is 35.1 Å². The molecule has 0 atom stereocenters. The number of rotatable bonds is 2. The van der Waals surface area contributed by atoms with Crippen LogP contribution in [0.2, 0.25) is 0 Å². The molecule has 0 aliphatic heterocycles. The predicted octanol–water partition coefficient (Wildman–Crippen LogP) is 2.26. The lowest BCUT2D eigenvalue weighted by Crippen LogP contribution is -1.97. The third kappa shape index (κ3) is 2.36. The molecule has 4 nitrogen and oxygen atoms in total. The lowest BCUT2D eigenvalue weighted by Gasteiger charge is -2.02. The van der Waals surface area contributed by atoms with Gasteiger partial charge in [0.1, 0.15) is 16.1 Å². The highest BCUT2D eigenvalue weighted by molar-refractivity contribution is 9.10. The summed E-state index contributed by atoms with van der Waals surface area (Å²) in [5.74, 6) is 0.796. The molecule has 0 saturated carbocycles. The van der Waals surface area contributed by atoms with Crippen molar-refractivity contribution in [1.29, 1.82) is 0 Å². The molecule has 0 amide bonds. The van der Waals surface area contributed by atoms with Gasteiger partial charge in [-0.25, -0.2) is 9.97 Å². The SMILES string of the molecule is CCc1nc(Br)cc(-c2cnccn2)n1. The van der Waals surface area contributed by atoms with E-state index in [9.17, 15) is 0 Å². The standard InChI is InChI=1S/C10H9BrN4/c1-2-10-14-7(5-9(11)15-10)8-6-12-3-4-13-8/h3-6H,2H2,1H3. The van der Waals surface area contributed by atoms with Crippen LogP contribution in [0.5, 0.6) is 0 Å². The Morgan fingerprint density at radius 1 is 1.20 bits per heavy atom. The van der Waals surface area contributed by atoms with Gasteiger partial charge in [-0.15, -0.1) is 0 Å². The fraction of sp³-hybridized carbons (Fsp3) is 0.200. The highest BCUT2D eigenvalue weighted by atomic mass is 79.9. The van der Waals surface area contributed by atoms with Gasteiger partial charge in [-0.05, 0) is 22.0 Å². The summed E-state index contributed by atoms with van der Waals surface area (Å²) in [4.78, 5) is 16.8. The van der Waals surface area contributed by atoms with Crippen molar-refractivity contribution >= 4 is 15.9 Å². The monoisotopic (exact) mass is 264 g/mol. The van der Waals surface area contributed by atoms with E-state index in [2.05, 4.69) is 35.9 Å². The fourth-order valence-electron chi connectivity index (χ4n) is 1.19. The molecule has 2 aromatic rings. The van der Waals surface area contributed by atoms with Crippen molar-refractivity contribution in [2.75, 3.05) is 0 Å². The lowest BCUT2D eigenvalue weighted by molar-refractivity contribution is 0.928. The van der Waals surface area contributed by atoms with Crippen molar-refractivity contribution in [2.45, 2.75) is 13.3 Å². The Kier molecular flexibility index (Phi) is 3.01. The lowest BCUT2D eigenvalue weighted by atomic mass is 10.3. The Morgan fingerprint density at radius 2 is 2.07 bits per heavy atom.